The second kappa shape index (κ2) is 9.52. The molecular weight excluding hydrogens is 260 g/mol. The molecule has 0 saturated carbocycles. The third-order valence-corrected chi connectivity index (χ3v) is 2.54. The van der Waals surface area contributed by atoms with Crippen LogP contribution in [0.15, 0.2) is 18.3 Å². The van der Waals surface area contributed by atoms with E-state index in [1.807, 2.05) is 19.9 Å². The summed E-state index contributed by atoms with van der Waals surface area (Å²) >= 11 is 0. The van der Waals surface area contributed by atoms with Gasteiger partial charge >= 0.3 is 0 Å². The topological polar surface area (TPSA) is 72.8 Å². The highest BCUT2D eigenvalue weighted by Crippen LogP contribution is 2.11. The van der Waals surface area contributed by atoms with Crippen LogP contribution in [0.3, 0.4) is 0 Å². The van der Waals surface area contributed by atoms with Crippen molar-refractivity contribution in [3.8, 4) is 5.88 Å². The Bertz CT molecular complexity index is 359. The number of rotatable bonds is 10. The van der Waals surface area contributed by atoms with Crippen molar-refractivity contribution in [3.63, 3.8) is 0 Å². The van der Waals surface area contributed by atoms with Crippen molar-refractivity contribution in [3.05, 3.63) is 18.3 Å². The summed E-state index contributed by atoms with van der Waals surface area (Å²) in [7, 11) is 1.62. The monoisotopic (exact) mass is 284 g/mol. The molecule has 2 unspecified atom stereocenters. The number of aromatic nitrogens is 1. The van der Waals surface area contributed by atoms with Gasteiger partial charge in [0.2, 0.25) is 5.88 Å². The van der Waals surface area contributed by atoms with Crippen molar-refractivity contribution in [1.29, 1.82) is 0 Å². The molecule has 1 aromatic heterocycles. The highest BCUT2D eigenvalue weighted by molar-refractivity contribution is 5.42. The molecule has 114 valence electrons. The van der Waals surface area contributed by atoms with E-state index in [1.165, 1.54) is 0 Å². The fraction of sp³-hybridized carbons (Fsp3) is 0.643. The largest absolute Gasteiger partial charge is 0.478 e. The van der Waals surface area contributed by atoms with E-state index in [9.17, 15) is 5.11 Å². The van der Waals surface area contributed by atoms with Crippen LogP contribution in [-0.4, -0.2) is 55.8 Å². The van der Waals surface area contributed by atoms with E-state index >= 15 is 0 Å². The number of pyridine rings is 1. The van der Waals surface area contributed by atoms with Crippen molar-refractivity contribution in [2.45, 2.75) is 26.1 Å². The van der Waals surface area contributed by atoms with Gasteiger partial charge in [-0.3, -0.25) is 0 Å². The number of methoxy groups -OCH3 is 1. The predicted molar refractivity (Wildman–Crippen MR) is 77.2 cm³/mol. The first-order chi connectivity index (χ1) is 9.65. The minimum atomic E-state index is -0.583. The number of aliphatic hydroxyl groups excluding tert-OH is 1. The molecule has 2 atom stereocenters. The van der Waals surface area contributed by atoms with Crippen LogP contribution in [-0.2, 0) is 9.47 Å². The maximum Gasteiger partial charge on any atom is 0.213 e. The highest BCUT2D eigenvalue weighted by Gasteiger charge is 2.08. The minimum Gasteiger partial charge on any atom is -0.478 e. The van der Waals surface area contributed by atoms with Gasteiger partial charge < -0.3 is 24.6 Å². The second-order valence-electron chi connectivity index (χ2n) is 4.45. The van der Waals surface area contributed by atoms with Gasteiger partial charge in [0.15, 0.2) is 0 Å². The molecule has 20 heavy (non-hydrogen) atoms. The van der Waals surface area contributed by atoms with Gasteiger partial charge in [-0.2, -0.15) is 0 Å². The van der Waals surface area contributed by atoms with Gasteiger partial charge in [-0.15, -0.1) is 0 Å². The Morgan fingerprint density at radius 1 is 1.35 bits per heavy atom. The van der Waals surface area contributed by atoms with Crippen LogP contribution in [0.2, 0.25) is 0 Å². The normalized spacial score (nSPS) is 13.8. The summed E-state index contributed by atoms with van der Waals surface area (Å²) < 4.78 is 15.6. The summed E-state index contributed by atoms with van der Waals surface area (Å²) in [6.45, 7) is 5.59. The van der Waals surface area contributed by atoms with Gasteiger partial charge in [0, 0.05) is 19.7 Å². The third-order valence-electron chi connectivity index (χ3n) is 2.54. The maximum atomic E-state index is 9.79. The summed E-state index contributed by atoms with van der Waals surface area (Å²) in [5.74, 6) is 0.593. The molecule has 0 fully saturated rings. The van der Waals surface area contributed by atoms with Crippen molar-refractivity contribution >= 4 is 5.69 Å². The van der Waals surface area contributed by atoms with Crippen LogP contribution in [0, 0.1) is 0 Å². The summed E-state index contributed by atoms with van der Waals surface area (Å²) in [5, 5.41) is 12.9. The Labute approximate surface area is 120 Å². The van der Waals surface area contributed by atoms with Crippen LogP contribution >= 0.6 is 0 Å². The van der Waals surface area contributed by atoms with Crippen LogP contribution in [0.1, 0.15) is 13.8 Å². The molecule has 0 aliphatic carbocycles. The van der Waals surface area contributed by atoms with E-state index in [0.717, 1.165) is 5.69 Å². The van der Waals surface area contributed by atoms with E-state index in [-0.39, 0.29) is 12.7 Å². The van der Waals surface area contributed by atoms with Crippen LogP contribution in [0.25, 0.3) is 0 Å². The molecule has 0 aliphatic heterocycles. The van der Waals surface area contributed by atoms with E-state index in [1.54, 1.807) is 19.4 Å². The molecule has 0 saturated heterocycles. The number of ether oxygens (including phenoxy) is 3. The number of nitrogens with one attached hydrogen (secondary N) is 1. The first-order valence-electron chi connectivity index (χ1n) is 6.77. The molecule has 0 aliphatic rings. The number of nitrogens with zero attached hydrogens (tertiary/aromatic N) is 1. The number of aliphatic hydroxyl groups is 1. The van der Waals surface area contributed by atoms with Gasteiger partial charge in [-0.05, 0) is 19.9 Å². The quantitative estimate of drug-likeness (QED) is 0.675. The molecule has 2 N–H and O–H groups in total. The zero-order chi connectivity index (χ0) is 14.8. The van der Waals surface area contributed by atoms with Gasteiger partial charge in [0.25, 0.3) is 0 Å². The molecule has 0 spiro atoms. The fourth-order valence-corrected chi connectivity index (χ4v) is 1.57. The second-order valence-corrected chi connectivity index (χ2v) is 4.45. The summed E-state index contributed by atoms with van der Waals surface area (Å²) in [6.07, 6.45) is 1.06. The van der Waals surface area contributed by atoms with E-state index in [4.69, 9.17) is 14.2 Å². The van der Waals surface area contributed by atoms with Crippen molar-refractivity contribution in [2.75, 3.05) is 38.8 Å². The zero-order valence-corrected chi connectivity index (χ0v) is 12.3. The van der Waals surface area contributed by atoms with Gasteiger partial charge in [0.1, 0.15) is 0 Å². The molecule has 1 heterocycles. The Balaban J connectivity index is 2.24. The first kappa shape index (κ1) is 16.7. The molecule has 0 radical (unpaired) electrons. The van der Waals surface area contributed by atoms with Crippen molar-refractivity contribution in [1.82, 2.24) is 4.98 Å². The first-order valence-corrected chi connectivity index (χ1v) is 6.77. The Kier molecular flexibility index (Phi) is 7.94. The third kappa shape index (κ3) is 6.70. The molecule has 6 nitrogen and oxygen atoms in total. The maximum absolute atomic E-state index is 9.79. The van der Waals surface area contributed by atoms with Gasteiger partial charge in [-0.25, -0.2) is 4.98 Å². The minimum absolute atomic E-state index is 0.0261. The molecule has 1 rings (SSSR count). The smallest absolute Gasteiger partial charge is 0.213 e. The lowest BCUT2D eigenvalue weighted by Gasteiger charge is -2.16. The lowest BCUT2D eigenvalue weighted by atomic mass is 10.3. The van der Waals surface area contributed by atoms with E-state index < -0.39 is 6.10 Å². The molecule has 0 bridgehead atoms. The van der Waals surface area contributed by atoms with Crippen LogP contribution in [0.5, 0.6) is 5.88 Å². The Hall–Kier alpha value is -1.37. The van der Waals surface area contributed by atoms with Crippen molar-refractivity contribution < 1.29 is 19.3 Å². The highest BCUT2D eigenvalue weighted by atomic mass is 16.5. The van der Waals surface area contributed by atoms with Gasteiger partial charge in [0.05, 0.1) is 43.9 Å². The number of hydrogen-bond donors (Lipinski definition) is 2. The standard InChI is InChI=1S/C14H24N2O4/c1-4-19-14-6-5-12(7-16-14)15-8-13(17)10-20-11(2)9-18-3/h5-7,11,13,15,17H,4,8-10H2,1-3H3. The predicted octanol–water partition coefficient (Wildman–Crippen LogP) is 1.30. The van der Waals surface area contributed by atoms with Gasteiger partial charge in [-0.1, -0.05) is 0 Å². The molecule has 0 aromatic carbocycles. The zero-order valence-electron chi connectivity index (χ0n) is 12.3. The summed E-state index contributed by atoms with van der Waals surface area (Å²) in [5.41, 5.74) is 0.831. The Morgan fingerprint density at radius 3 is 2.75 bits per heavy atom. The lowest BCUT2D eigenvalue weighted by Crippen LogP contribution is -2.28. The van der Waals surface area contributed by atoms with Crippen LogP contribution < -0.4 is 10.1 Å². The summed E-state index contributed by atoms with van der Waals surface area (Å²) in [4.78, 5) is 4.13. The summed E-state index contributed by atoms with van der Waals surface area (Å²) in [6, 6.07) is 3.65. The van der Waals surface area contributed by atoms with E-state index in [2.05, 4.69) is 10.3 Å². The van der Waals surface area contributed by atoms with E-state index in [0.29, 0.717) is 25.6 Å². The SMILES string of the molecule is CCOc1ccc(NCC(O)COC(C)COC)cn1. The molecule has 1 aromatic rings. The number of anilines is 1. The Morgan fingerprint density at radius 2 is 2.15 bits per heavy atom. The molecule has 6 heteroatoms. The lowest BCUT2D eigenvalue weighted by molar-refractivity contribution is -0.0282. The number of hydrogen-bond acceptors (Lipinski definition) is 6. The molecular formula is C14H24N2O4. The average Bonchev–Trinajstić information content (AvgIpc) is 2.45. The van der Waals surface area contributed by atoms with Crippen molar-refractivity contribution in [2.24, 2.45) is 0 Å². The fourth-order valence-electron chi connectivity index (χ4n) is 1.57. The molecule has 0 amide bonds. The van der Waals surface area contributed by atoms with Crippen LogP contribution in [0.4, 0.5) is 5.69 Å². The average molecular weight is 284 g/mol.